The minimum absolute atomic E-state index is 0.0560. The van der Waals surface area contributed by atoms with Crippen molar-refractivity contribution >= 4 is 57.8 Å². The quantitative estimate of drug-likeness (QED) is 0.305. The number of amides is 1. The molecule has 174 valence electrons. The fourth-order valence-corrected chi connectivity index (χ4v) is 4.92. The van der Waals surface area contributed by atoms with Crippen LogP contribution in [-0.4, -0.2) is 22.5 Å². The highest BCUT2D eigenvalue weighted by molar-refractivity contribution is 8.18. The second-order valence-corrected chi connectivity index (χ2v) is 9.44. The molecule has 1 amide bonds. The number of carbonyl (C=O) groups excluding carboxylic acids is 1. The van der Waals surface area contributed by atoms with E-state index in [0.29, 0.717) is 39.0 Å². The van der Waals surface area contributed by atoms with Crippen LogP contribution in [0, 0.1) is 0 Å². The summed E-state index contributed by atoms with van der Waals surface area (Å²) in [6.45, 7) is 4.94. The highest BCUT2D eigenvalue weighted by Gasteiger charge is 2.32. The molecule has 3 aromatic carbocycles. The van der Waals surface area contributed by atoms with Crippen molar-refractivity contribution in [1.82, 2.24) is 4.90 Å². The first-order chi connectivity index (χ1) is 16.5. The Hall–Kier alpha value is -2.73. The molecule has 0 atom stereocenters. The van der Waals surface area contributed by atoms with E-state index in [1.807, 2.05) is 61.5 Å². The van der Waals surface area contributed by atoms with Gasteiger partial charge in [-0.2, -0.15) is 0 Å². The number of para-hydroxylation sites is 2. The van der Waals surface area contributed by atoms with Crippen molar-refractivity contribution in [2.75, 3.05) is 6.54 Å². The highest BCUT2D eigenvalue weighted by atomic mass is 35.5. The number of aliphatic imine (C=N–C) groups is 1. The molecule has 0 spiro atoms. The first kappa shape index (κ1) is 24.4. The number of hydrogen-bond donors (Lipinski definition) is 0. The summed E-state index contributed by atoms with van der Waals surface area (Å²) in [5, 5.41) is 1.68. The third-order valence-corrected chi connectivity index (χ3v) is 7.12. The van der Waals surface area contributed by atoms with Crippen molar-refractivity contribution < 1.29 is 9.53 Å². The summed E-state index contributed by atoms with van der Waals surface area (Å²) < 4.78 is 6.06. The summed E-state index contributed by atoms with van der Waals surface area (Å²) in [6.07, 6.45) is 2.75. The van der Waals surface area contributed by atoms with Gasteiger partial charge in [-0.1, -0.05) is 72.6 Å². The average molecular weight is 511 g/mol. The van der Waals surface area contributed by atoms with E-state index in [1.54, 1.807) is 17.0 Å². The molecule has 0 aromatic heterocycles. The van der Waals surface area contributed by atoms with E-state index in [1.165, 1.54) is 11.8 Å². The summed E-state index contributed by atoms with van der Waals surface area (Å²) >= 11 is 13.5. The maximum absolute atomic E-state index is 13.1. The molecule has 3 aromatic rings. The van der Waals surface area contributed by atoms with Crippen molar-refractivity contribution in [2.45, 2.75) is 26.9 Å². The van der Waals surface area contributed by atoms with Gasteiger partial charge in [-0.15, -0.1) is 0 Å². The molecular weight excluding hydrogens is 487 g/mol. The number of likely N-dealkylation sites (N-methyl/N-ethyl adjacent to an activating group) is 1. The smallest absolute Gasteiger partial charge is 0.266 e. The lowest BCUT2D eigenvalue weighted by molar-refractivity contribution is -0.122. The van der Waals surface area contributed by atoms with Gasteiger partial charge < -0.3 is 4.74 Å². The van der Waals surface area contributed by atoms with Crippen LogP contribution in [0.25, 0.3) is 6.08 Å². The van der Waals surface area contributed by atoms with Gasteiger partial charge in [0.05, 0.1) is 20.6 Å². The second kappa shape index (κ2) is 11.1. The first-order valence-electron chi connectivity index (χ1n) is 11.0. The van der Waals surface area contributed by atoms with E-state index >= 15 is 0 Å². The lowest BCUT2D eigenvalue weighted by Gasteiger charge is -2.13. The Labute approximate surface area is 214 Å². The second-order valence-electron chi connectivity index (χ2n) is 7.61. The zero-order valence-electron chi connectivity index (χ0n) is 18.9. The van der Waals surface area contributed by atoms with Crippen molar-refractivity contribution in [3.8, 4) is 5.75 Å². The number of hydrogen-bond acceptors (Lipinski definition) is 4. The van der Waals surface area contributed by atoms with Crippen LogP contribution in [0.5, 0.6) is 5.75 Å². The molecule has 1 fully saturated rings. The van der Waals surface area contributed by atoms with Gasteiger partial charge in [-0.25, -0.2) is 4.99 Å². The molecule has 7 heteroatoms. The Morgan fingerprint density at radius 1 is 1.00 bits per heavy atom. The fourth-order valence-electron chi connectivity index (χ4n) is 3.56. The summed E-state index contributed by atoms with van der Waals surface area (Å²) in [4.78, 5) is 20.3. The fraction of sp³-hybridized carbons (Fsp3) is 0.185. The number of rotatable bonds is 7. The molecule has 1 saturated heterocycles. The van der Waals surface area contributed by atoms with Crippen molar-refractivity contribution in [1.29, 1.82) is 0 Å². The van der Waals surface area contributed by atoms with Crippen LogP contribution in [0.4, 0.5) is 5.69 Å². The van der Waals surface area contributed by atoms with E-state index in [-0.39, 0.29) is 5.91 Å². The van der Waals surface area contributed by atoms with Gasteiger partial charge in [0.25, 0.3) is 5.91 Å². The number of halogens is 2. The predicted octanol–water partition coefficient (Wildman–Crippen LogP) is 7.76. The number of carbonyl (C=O) groups is 1. The van der Waals surface area contributed by atoms with Crippen molar-refractivity contribution in [3.63, 3.8) is 0 Å². The Kier molecular flexibility index (Phi) is 7.99. The molecule has 1 heterocycles. The molecule has 1 aliphatic rings. The number of amidine groups is 1. The van der Waals surface area contributed by atoms with E-state index in [0.717, 1.165) is 28.8 Å². The first-order valence-corrected chi connectivity index (χ1v) is 12.6. The van der Waals surface area contributed by atoms with Crippen LogP contribution in [-0.2, 0) is 17.8 Å². The average Bonchev–Trinajstić information content (AvgIpc) is 3.14. The van der Waals surface area contributed by atoms with Crippen molar-refractivity contribution in [3.05, 3.63) is 98.4 Å². The Morgan fingerprint density at radius 2 is 1.76 bits per heavy atom. The highest BCUT2D eigenvalue weighted by Crippen LogP contribution is 2.36. The Morgan fingerprint density at radius 3 is 2.53 bits per heavy atom. The molecule has 34 heavy (non-hydrogen) atoms. The summed E-state index contributed by atoms with van der Waals surface area (Å²) in [7, 11) is 0. The van der Waals surface area contributed by atoms with Gasteiger partial charge in [-0.3, -0.25) is 9.69 Å². The molecule has 0 aliphatic carbocycles. The van der Waals surface area contributed by atoms with Crippen molar-refractivity contribution in [2.24, 2.45) is 4.99 Å². The zero-order valence-corrected chi connectivity index (χ0v) is 21.3. The largest absolute Gasteiger partial charge is 0.488 e. The molecule has 0 saturated carbocycles. The monoisotopic (exact) mass is 510 g/mol. The van der Waals surface area contributed by atoms with Gasteiger partial charge in [0, 0.05) is 12.1 Å². The van der Waals surface area contributed by atoms with E-state index in [9.17, 15) is 4.79 Å². The van der Waals surface area contributed by atoms with Gasteiger partial charge in [0.15, 0.2) is 5.17 Å². The lowest BCUT2D eigenvalue weighted by Crippen LogP contribution is -2.28. The molecule has 0 bridgehead atoms. The van der Waals surface area contributed by atoms with Gasteiger partial charge in [0.2, 0.25) is 0 Å². The minimum atomic E-state index is -0.0560. The Balaban J connectivity index is 1.59. The third kappa shape index (κ3) is 5.49. The van der Waals surface area contributed by atoms with Crippen LogP contribution in [0.2, 0.25) is 10.0 Å². The van der Waals surface area contributed by atoms with Crippen LogP contribution in [0.3, 0.4) is 0 Å². The molecule has 4 nitrogen and oxygen atoms in total. The topological polar surface area (TPSA) is 41.9 Å². The number of nitrogens with zero attached hydrogens (tertiary/aromatic N) is 2. The maximum Gasteiger partial charge on any atom is 0.266 e. The maximum atomic E-state index is 13.1. The summed E-state index contributed by atoms with van der Waals surface area (Å²) in [6, 6.07) is 21.1. The molecule has 0 N–H and O–H groups in total. The number of thioether (sulfide) groups is 1. The van der Waals surface area contributed by atoms with Crippen LogP contribution in [0.1, 0.15) is 30.5 Å². The van der Waals surface area contributed by atoms with E-state index < -0.39 is 0 Å². The van der Waals surface area contributed by atoms with Gasteiger partial charge >= 0.3 is 0 Å². The SMILES string of the molecule is CCc1ccccc1N=C1S/C(=C/c2ccccc2OCc2ccc(Cl)c(Cl)c2)C(=O)N1CC. The van der Waals surface area contributed by atoms with Gasteiger partial charge in [-0.05, 0) is 66.6 Å². The lowest BCUT2D eigenvalue weighted by atomic mass is 10.1. The number of ether oxygens (including phenoxy) is 1. The summed E-state index contributed by atoms with van der Waals surface area (Å²) in [5.74, 6) is 0.624. The number of benzene rings is 3. The molecule has 0 radical (unpaired) electrons. The molecule has 1 aliphatic heterocycles. The zero-order chi connectivity index (χ0) is 24.1. The van der Waals surface area contributed by atoms with E-state index in [4.69, 9.17) is 32.9 Å². The van der Waals surface area contributed by atoms with Crippen LogP contribution in [0.15, 0.2) is 76.6 Å². The Bertz CT molecular complexity index is 1270. The molecular formula is C27H24Cl2N2O2S. The van der Waals surface area contributed by atoms with Crippen LogP contribution < -0.4 is 4.74 Å². The van der Waals surface area contributed by atoms with Gasteiger partial charge in [0.1, 0.15) is 12.4 Å². The predicted molar refractivity (Wildman–Crippen MR) is 143 cm³/mol. The summed E-state index contributed by atoms with van der Waals surface area (Å²) in [5.41, 5.74) is 3.77. The number of aryl methyl sites for hydroxylation is 1. The minimum Gasteiger partial charge on any atom is -0.488 e. The third-order valence-electron chi connectivity index (χ3n) is 5.38. The molecule has 4 rings (SSSR count). The standard InChI is InChI=1S/C27H24Cl2N2O2S/c1-3-19-9-5-7-11-23(19)30-27-31(4-2)26(32)25(34-27)16-20-10-6-8-12-24(20)33-17-18-13-14-21(28)22(29)15-18/h5-16H,3-4,17H2,1-2H3/b25-16+,30-27?. The normalized spacial score (nSPS) is 16.0. The van der Waals surface area contributed by atoms with Crippen LogP contribution >= 0.6 is 35.0 Å². The molecule has 0 unspecified atom stereocenters. The van der Waals surface area contributed by atoms with E-state index in [2.05, 4.69) is 13.0 Å².